The Bertz CT molecular complexity index is 493. The molecule has 2 rings (SSSR count). The average molecular weight is 320 g/mol. The van der Waals surface area contributed by atoms with E-state index in [1.165, 1.54) is 6.42 Å². The summed E-state index contributed by atoms with van der Waals surface area (Å²) in [5, 5.41) is 16.0. The van der Waals surface area contributed by atoms with Crippen LogP contribution in [0.1, 0.15) is 31.2 Å². The normalized spacial score (nSPS) is 21.0. The van der Waals surface area contributed by atoms with E-state index in [1.54, 1.807) is 7.11 Å². The summed E-state index contributed by atoms with van der Waals surface area (Å²) in [6, 6.07) is 7.84. The van der Waals surface area contributed by atoms with Crippen molar-refractivity contribution < 1.29 is 14.6 Å². The molecule has 1 aromatic rings. The highest BCUT2D eigenvalue weighted by Gasteiger charge is 2.22. The van der Waals surface area contributed by atoms with Crippen LogP contribution >= 0.6 is 0 Å². The maximum atomic E-state index is 11.8. The van der Waals surface area contributed by atoms with Crippen molar-refractivity contribution in [2.45, 2.75) is 38.2 Å². The van der Waals surface area contributed by atoms with Gasteiger partial charge in [-0.2, -0.15) is 0 Å². The largest absolute Gasteiger partial charge is 0.496 e. The van der Waals surface area contributed by atoms with E-state index < -0.39 is 0 Å². The van der Waals surface area contributed by atoms with Gasteiger partial charge in [0.05, 0.1) is 19.8 Å². The Morgan fingerprint density at radius 3 is 2.87 bits per heavy atom. The van der Waals surface area contributed by atoms with Crippen LogP contribution in [0.5, 0.6) is 5.75 Å². The predicted octanol–water partition coefficient (Wildman–Crippen LogP) is 1.49. The number of nitrogens with one attached hydrogen (secondary N) is 2. The van der Waals surface area contributed by atoms with Crippen LogP contribution in [0.2, 0.25) is 0 Å². The molecule has 1 saturated carbocycles. The Balaban J connectivity index is 1.61. The van der Waals surface area contributed by atoms with Gasteiger partial charge in [-0.15, -0.1) is 0 Å². The maximum absolute atomic E-state index is 11.8. The molecule has 0 bridgehead atoms. The third-order valence-corrected chi connectivity index (χ3v) is 4.47. The van der Waals surface area contributed by atoms with Gasteiger partial charge in [0, 0.05) is 13.1 Å². The minimum Gasteiger partial charge on any atom is -0.496 e. The van der Waals surface area contributed by atoms with Crippen molar-refractivity contribution in [3.05, 3.63) is 29.8 Å². The van der Waals surface area contributed by atoms with Crippen molar-refractivity contribution in [3.8, 4) is 5.75 Å². The van der Waals surface area contributed by atoms with Crippen LogP contribution in [0.4, 0.5) is 0 Å². The monoisotopic (exact) mass is 320 g/mol. The van der Waals surface area contributed by atoms with E-state index in [-0.39, 0.29) is 17.9 Å². The van der Waals surface area contributed by atoms with Gasteiger partial charge in [0.1, 0.15) is 5.75 Å². The molecule has 0 aromatic heterocycles. The fourth-order valence-electron chi connectivity index (χ4n) is 3.11. The van der Waals surface area contributed by atoms with Gasteiger partial charge in [-0.05, 0) is 36.8 Å². The minimum absolute atomic E-state index is 0.00908. The van der Waals surface area contributed by atoms with Gasteiger partial charge in [-0.25, -0.2) is 0 Å². The molecule has 0 spiro atoms. The van der Waals surface area contributed by atoms with Crippen molar-refractivity contribution in [2.75, 3.05) is 26.7 Å². The molecule has 128 valence electrons. The Labute approximate surface area is 138 Å². The number of carbonyl (C=O) groups is 1. The molecule has 1 fully saturated rings. The fourth-order valence-corrected chi connectivity index (χ4v) is 3.11. The number of aliphatic hydroxyl groups excluding tert-OH is 1. The molecule has 1 aliphatic carbocycles. The standard InChI is InChI=1S/C18H28N2O3/c1-23-17-9-5-3-6-14(17)10-11-20-18(22)13-19-12-15-7-2-4-8-16(15)21/h3,5-6,9,15-16,19,21H,2,4,7-8,10-13H2,1H3,(H,20,22)/t15-,16-/m0/s1. The van der Waals surface area contributed by atoms with E-state index in [4.69, 9.17) is 4.74 Å². The van der Waals surface area contributed by atoms with Gasteiger partial charge >= 0.3 is 0 Å². The Kier molecular flexibility index (Phi) is 7.36. The minimum atomic E-state index is -0.218. The number of carbonyl (C=O) groups excluding carboxylic acids is 1. The molecule has 3 N–H and O–H groups in total. The number of hydrogen-bond donors (Lipinski definition) is 3. The molecular weight excluding hydrogens is 292 g/mol. The average Bonchev–Trinajstić information content (AvgIpc) is 2.57. The van der Waals surface area contributed by atoms with E-state index in [0.717, 1.165) is 37.0 Å². The van der Waals surface area contributed by atoms with E-state index in [2.05, 4.69) is 10.6 Å². The van der Waals surface area contributed by atoms with E-state index in [0.29, 0.717) is 19.6 Å². The van der Waals surface area contributed by atoms with Crippen LogP contribution in [0.25, 0.3) is 0 Å². The number of benzene rings is 1. The molecule has 0 unspecified atom stereocenters. The van der Waals surface area contributed by atoms with Gasteiger partial charge in [0.15, 0.2) is 0 Å². The lowest BCUT2D eigenvalue weighted by molar-refractivity contribution is -0.120. The van der Waals surface area contributed by atoms with Crippen LogP contribution in [-0.4, -0.2) is 43.9 Å². The number of hydrogen-bond acceptors (Lipinski definition) is 4. The van der Waals surface area contributed by atoms with Crippen LogP contribution < -0.4 is 15.4 Å². The van der Waals surface area contributed by atoms with E-state index in [9.17, 15) is 9.90 Å². The van der Waals surface area contributed by atoms with Gasteiger partial charge in [0.2, 0.25) is 5.91 Å². The summed E-state index contributed by atoms with van der Waals surface area (Å²) in [7, 11) is 1.65. The lowest BCUT2D eigenvalue weighted by atomic mass is 9.86. The highest BCUT2D eigenvalue weighted by Crippen LogP contribution is 2.23. The summed E-state index contributed by atoms with van der Waals surface area (Å²) in [6.45, 7) is 1.60. The van der Waals surface area contributed by atoms with Crippen LogP contribution in [0, 0.1) is 5.92 Å². The zero-order valence-corrected chi connectivity index (χ0v) is 13.9. The molecule has 0 heterocycles. The van der Waals surface area contributed by atoms with Crippen LogP contribution in [-0.2, 0) is 11.2 Å². The molecule has 0 radical (unpaired) electrons. The zero-order valence-electron chi connectivity index (χ0n) is 13.9. The van der Waals surface area contributed by atoms with Crippen LogP contribution in [0.3, 0.4) is 0 Å². The van der Waals surface area contributed by atoms with E-state index >= 15 is 0 Å². The number of para-hydroxylation sites is 1. The quantitative estimate of drug-likeness (QED) is 0.679. The summed E-state index contributed by atoms with van der Waals surface area (Å²) < 4.78 is 5.30. The summed E-state index contributed by atoms with van der Waals surface area (Å²) in [6.07, 6.45) is 4.75. The first-order chi connectivity index (χ1) is 11.2. The molecule has 0 aliphatic heterocycles. The van der Waals surface area contributed by atoms with Crippen molar-refractivity contribution >= 4 is 5.91 Å². The molecule has 23 heavy (non-hydrogen) atoms. The summed E-state index contributed by atoms with van der Waals surface area (Å²) in [5.41, 5.74) is 1.09. The fraction of sp³-hybridized carbons (Fsp3) is 0.611. The first-order valence-corrected chi connectivity index (χ1v) is 8.48. The number of rotatable bonds is 8. The summed E-state index contributed by atoms with van der Waals surface area (Å²) in [5.74, 6) is 1.13. The summed E-state index contributed by atoms with van der Waals surface area (Å²) >= 11 is 0. The van der Waals surface area contributed by atoms with E-state index in [1.807, 2.05) is 24.3 Å². The topological polar surface area (TPSA) is 70.6 Å². The lowest BCUT2D eigenvalue weighted by Gasteiger charge is -2.27. The highest BCUT2D eigenvalue weighted by atomic mass is 16.5. The summed E-state index contributed by atoms with van der Waals surface area (Å²) in [4.78, 5) is 11.8. The van der Waals surface area contributed by atoms with Crippen molar-refractivity contribution in [1.29, 1.82) is 0 Å². The van der Waals surface area contributed by atoms with Gasteiger partial charge < -0.3 is 20.5 Å². The second-order valence-electron chi connectivity index (χ2n) is 6.15. The van der Waals surface area contributed by atoms with Crippen molar-refractivity contribution in [1.82, 2.24) is 10.6 Å². The maximum Gasteiger partial charge on any atom is 0.233 e. The Morgan fingerprint density at radius 2 is 2.09 bits per heavy atom. The van der Waals surface area contributed by atoms with Crippen molar-refractivity contribution in [2.24, 2.45) is 5.92 Å². The lowest BCUT2D eigenvalue weighted by Crippen LogP contribution is -2.39. The Hall–Kier alpha value is -1.59. The van der Waals surface area contributed by atoms with Gasteiger partial charge in [-0.1, -0.05) is 31.0 Å². The second kappa shape index (κ2) is 9.53. The molecule has 1 aromatic carbocycles. The zero-order chi connectivity index (χ0) is 16.5. The predicted molar refractivity (Wildman–Crippen MR) is 90.5 cm³/mol. The van der Waals surface area contributed by atoms with Crippen molar-refractivity contribution in [3.63, 3.8) is 0 Å². The van der Waals surface area contributed by atoms with Gasteiger partial charge in [0.25, 0.3) is 0 Å². The molecule has 1 aliphatic rings. The molecule has 1 amide bonds. The third kappa shape index (κ3) is 5.84. The first kappa shape index (κ1) is 17.8. The number of methoxy groups -OCH3 is 1. The smallest absolute Gasteiger partial charge is 0.233 e. The second-order valence-corrected chi connectivity index (χ2v) is 6.15. The Morgan fingerprint density at radius 1 is 1.30 bits per heavy atom. The first-order valence-electron chi connectivity index (χ1n) is 8.48. The van der Waals surface area contributed by atoms with Crippen LogP contribution in [0.15, 0.2) is 24.3 Å². The molecule has 2 atom stereocenters. The number of amides is 1. The molecule has 0 saturated heterocycles. The highest BCUT2D eigenvalue weighted by molar-refractivity contribution is 5.77. The SMILES string of the molecule is COc1ccccc1CCNC(=O)CNC[C@@H]1CCCC[C@@H]1O. The molecule has 5 heteroatoms. The number of aliphatic hydroxyl groups is 1. The number of ether oxygens (including phenoxy) is 1. The van der Waals surface area contributed by atoms with Gasteiger partial charge in [-0.3, -0.25) is 4.79 Å². The molecular formula is C18H28N2O3. The third-order valence-electron chi connectivity index (χ3n) is 4.47. The molecule has 5 nitrogen and oxygen atoms in total.